The predicted molar refractivity (Wildman–Crippen MR) is 82.0 cm³/mol. The summed E-state index contributed by atoms with van der Waals surface area (Å²) in [5.41, 5.74) is 0.549. The molecule has 6 heteroatoms. The molecule has 5 nitrogen and oxygen atoms in total. The van der Waals surface area contributed by atoms with E-state index in [1.54, 1.807) is 30.3 Å². The van der Waals surface area contributed by atoms with Gasteiger partial charge in [0.05, 0.1) is 23.9 Å². The second-order valence-electron chi connectivity index (χ2n) is 4.15. The Bertz CT molecular complexity index is 700. The van der Waals surface area contributed by atoms with Crippen molar-refractivity contribution in [1.29, 1.82) is 0 Å². The highest BCUT2D eigenvalue weighted by Gasteiger charge is 2.16. The summed E-state index contributed by atoms with van der Waals surface area (Å²) in [6.45, 7) is 0. The molecule has 2 rings (SSSR count). The molecule has 0 aliphatic rings. The lowest BCUT2D eigenvalue weighted by Crippen LogP contribution is -2.16. The van der Waals surface area contributed by atoms with Crippen LogP contribution in [0.3, 0.4) is 0 Å². The maximum absolute atomic E-state index is 12.3. The number of benzene rings is 2. The summed E-state index contributed by atoms with van der Waals surface area (Å²) < 4.78 is 5.76. The van der Waals surface area contributed by atoms with Gasteiger partial charge in [-0.1, -0.05) is 12.1 Å². The summed E-state index contributed by atoms with van der Waals surface area (Å²) >= 11 is 3.32. The molecular formula is C15H12BrNO4. The van der Waals surface area contributed by atoms with Crippen LogP contribution in [0.2, 0.25) is 0 Å². The van der Waals surface area contributed by atoms with Crippen molar-refractivity contribution in [2.24, 2.45) is 0 Å². The van der Waals surface area contributed by atoms with Crippen molar-refractivity contribution in [3.63, 3.8) is 0 Å². The van der Waals surface area contributed by atoms with E-state index in [2.05, 4.69) is 21.2 Å². The van der Waals surface area contributed by atoms with E-state index >= 15 is 0 Å². The zero-order valence-corrected chi connectivity index (χ0v) is 12.7. The monoisotopic (exact) mass is 349 g/mol. The highest BCUT2D eigenvalue weighted by atomic mass is 79.9. The fraction of sp³-hybridized carbons (Fsp3) is 0.0667. The van der Waals surface area contributed by atoms with E-state index in [1.165, 1.54) is 19.2 Å². The van der Waals surface area contributed by atoms with E-state index in [4.69, 9.17) is 9.84 Å². The molecule has 0 bridgehead atoms. The highest BCUT2D eigenvalue weighted by molar-refractivity contribution is 9.10. The summed E-state index contributed by atoms with van der Waals surface area (Å²) in [7, 11) is 1.52. The van der Waals surface area contributed by atoms with Crippen LogP contribution in [0, 0.1) is 0 Å². The highest BCUT2D eigenvalue weighted by Crippen LogP contribution is 2.27. The largest absolute Gasteiger partial charge is 0.497 e. The predicted octanol–water partition coefficient (Wildman–Crippen LogP) is 3.41. The second kappa shape index (κ2) is 6.41. The molecule has 0 aliphatic carbocycles. The Hall–Kier alpha value is -2.34. The minimum absolute atomic E-state index is 0.0472. The number of carboxylic acids is 1. The average Bonchev–Trinajstić information content (AvgIpc) is 2.49. The average molecular weight is 350 g/mol. The number of ether oxygens (including phenoxy) is 1. The molecule has 0 unspecified atom stereocenters. The van der Waals surface area contributed by atoms with Gasteiger partial charge in [0.15, 0.2) is 0 Å². The number of halogens is 1. The third-order valence-electron chi connectivity index (χ3n) is 2.82. The number of rotatable bonds is 4. The van der Waals surface area contributed by atoms with Crippen LogP contribution in [-0.4, -0.2) is 24.1 Å². The Morgan fingerprint density at radius 2 is 1.81 bits per heavy atom. The summed E-state index contributed by atoms with van der Waals surface area (Å²) in [6.07, 6.45) is 0. The first-order chi connectivity index (χ1) is 10.0. The molecule has 0 spiro atoms. The summed E-state index contributed by atoms with van der Waals surface area (Å²) in [5, 5.41) is 11.8. The molecule has 0 fully saturated rings. The van der Waals surface area contributed by atoms with Crippen LogP contribution >= 0.6 is 15.9 Å². The van der Waals surface area contributed by atoms with Gasteiger partial charge in [-0.2, -0.15) is 0 Å². The van der Waals surface area contributed by atoms with Gasteiger partial charge in [0.25, 0.3) is 5.91 Å². The van der Waals surface area contributed by atoms with Crippen LogP contribution in [0.4, 0.5) is 5.69 Å². The maximum Gasteiger partial charge on any atom is 0.336 e. The summed E-state index contributed by atoms with van der Waals surface area (Å²) in [6, 6.07) is 11.2. The Kier molecular flexibility index (Phi) is 4.59. The van der Waals surface area contributed by atoms with Crippen molar-refractivity contribution >= 4 is 33.5 Å². The molecule has 0 radical (unpaired) electrons. The summed E-state index contributed by atoms with van der Waals surface area (Å²) in [4.78, 5) is 23.4. The quantitative estimate of drug-likeness (QED) is 0.886. The number of carbonyl (C=O) groups is 2. The SMILES string of the molecule is COc1ccc(Br)c(NC(=O)c2ccccc2C(=O)O)c1. The molecular weight excluding hydrogens is 338 g/mol. The third kappa shape index (κ3) is 3.41. The number of amides is 1. The van der Waals surface area contributed by atoms with Gasteiger partial charge >= 0.3 is 5.97 Å². The first-order valence-electron chi connectivity index (χ1n) is 6.00. The van der Waals surface area contributed by atoms with Crippen LogP contribution in [-0.2, 0) is 0 Å². The number of hydrogen-bond donors (Lipinski definition) is 2. The van der Waals surface area contributed by atoms with Crippen LogP contribution in [0.1, 0.15) is 20.7 Å². The van der Waals surface area contributed by atoms with Gasteiger partial charge in [0.2, 0.25) is 0 Å². The Morgan fingerprint density at radius 3 is 2.43 bits per heavy atom. The first kappa shape index (κ1) is 15.1. The molecule has 0 atom stereocenters. The van der Waals surface area contributed by atoms with Gasteiger partial charge in [-0.05, 0) is 40.2 Å². The van der Waals surface area contributed by atoms with E-state index in [0.29, 0.717) is 15.9 Å². The minimum Gasteiger partial charge on any atom is -0.497 e. The van der Waals surface area contributed by atoms with Crippen molar-refractivity contribution in [1.82, 2.24) is 0 Å². The lowest BCUT2D eigenvalue weighted by atomic mass is 10.1. The van der Waals surface area contributed by atoms with Crippen molar-refractivity contribution in [3.05, 3.63) is 58.1 Å². The zero-order valence-electron chi connectivity index (χ0n) is 11.1. The fourth-order valence-electron chi connectivity index (χ4n) is 1.78. The number of nitrogens with one attached hydrogen (secondary N) is 1. The van der Waals surface area contributed by atoms with Crippen molar-refractivity contribution in [3.8, 4) is 5.75 Å². The molecule has 2 aromatic carbocycles. The Labute approximate surface area is 129 Å². The van der Waals surface area contributed by atoms with Crippen LogP contribution in [0.25, 0.3) is 0 Å². The number of aromatic carboxylic acids is 1. The van der Waals surface area contributed by atoms with Crippen molar-refractivity contribution < 1.29 is 19.4 Å². The molecule has 0 saturated heterocycles. The van der Waals surface area contributed by atoms with Gasteiger partial charge in [0.1, 0.15) is 5.75 Å². The molecule has 2 N–H and O–H groups in total. The van der Waals surface area contributed by atoms with E-state index in [0.717, 1.165) is 0 Å². The Morgan fingerprint density at radius 1 is 1.14 bits per heavy atom. The van der Waals surface area contributed by atoms with E-state index in [1.807, 2.05) is 0 Å². The van der Waals surface area contributed by atoms with Gasteiger partial charge in [-0.15, -0.1) is 0 Å². The van der Waals surface area contributed by atoms with Crippen LogP contribution in [0.5, 0.6) is 5.75 Å². The number of anilines is 1. The lowest BCUT2D eigenvalue weighted by Gasteiger charge is -2.10. The van der Waals surface area contributed by atoms with Crippen LogP contribution < -0.4 is 10.1 Å². The van der Waals surface area contributed by atoms with Crippen molar-refractivity contribution in [2.75, 3.05) is 12.4 Å². The molecule has 21 heavy (non-hydrogen) atoms. The number of carboxylic acid groups (broad SMARTS) is 1. The number of methoxy groups -OCH3 is 1. The van der Waals surface area contributed by atoms with Gasteiger partial charge in [-0.25, -0.2) is 4.79 Å². The van der Waals surface area contributed by atoms with Crippen molar-refractivity contribution in [2.45, 2.75) is 0 Å². The molecule has 0 heterocycles. The smallest absolute Gasteiger partial charge is 0.336 e. The van der Waals surface area contributed by atoms with E-state index in [-0.39, 0.29) is 11.1 Å². The number of hydrogen-bond acceptors (Lipinski definition) is 3. The molecule has 0 aromatic heterocycles. The molecule has 2 aromatic rings. The van der Waals surface area contributed by atoms with Gasteiger partial charge < -0.3 is 15.2 Å². The van der Waals surface area contributed by atoms with Gasteiger partial charge in [-0.3, -0.25) is 4.79 Å². The molecule has 108 valence electrons. The Balaban J connectivity index is 2.33. The van der Waals surface area contributed by atoms with Gasteiger partial charge in [0, 0.05) is 10.5 Å². The molecule has 0 aliphatic heterocycles. The number of carbonyl (C=O) groups excluding carboxylic acids is 1. The molecule has 0 saturated carbocycles. The fourth-order valence-corrected chi connectivity index (χ4v) is 2.13. The topological polar surface area (TPSA) is 75.6 Å². The molecule has 1 amide bonds. The summed E-state index contributed by atoms with van der Waals surface area (Å²) in [5.74, 6) is -1.06. The van der Waals surface area contributed by atoms with E-state index in [9.17, 15) is 9.59 Å². The minimum atomic E-state index is -1.15. The standard InChI is InChI=1S/C15H12BrNO4/c1-21-9-6-7-12(16)13(8-9)17-14(18)10-4-2-3-5-11(10)15(19)20/h2-8H,1H3,(H,17,18)(H,19,20). The van der Waals surface area contributed by atoms with E-state index < -0.39 is 11.9 Å². The lowest BCUT2D eigenvalue weighted by molar-refractivity contribution is 0.0692. The normalized spacial score (nSPS) is 10.0. The maximum atomic E-state index is 12.3. The van der Waals surface area contributed by atoms with Crippen LogP contribution in [0.15, 0.2) is 46.9 Å². The third-order valence-corrected chi connectivity index (χ3v) is 3.52. The second-order valence-corrected chi connectivity index (χ2v) is 5.00. The zero-order chi connectivity index (χ0) is 15.4. The first-order valence-corrected chi connectivity index (χ1v) is 6.79.